The summed E-state index contributed by atoms with van der Waals surface area (Å²) < 4.78 is 29.0. The van der Waals surface area contributed by atoms with Gasteiger partial charge in [-0.25, -0.2) is 0 Å². The topological polar surface area (TPSA) is 9.23 Å². The van der Waals surface area contributed by atoms with Crippen molar-refractivity contribution in [2.24, 2.45) is 0 Å². The van der Waals surface area contributed by atoms with Crippen molar-refractivity contribution in [1.82, 2.24) is 0 Å². The standard InChI is InChI=1S/C24H20F2O/c1-2-3-16-4-12-22-19(14-16)5-6-20-15-18(9-13-23(20)22)17-7-10-21(11-8-17)27-24(25)26/h4-15,24H,2-3H2,1H3. The van der Waals surface area contributed by atoms with Crippen LogP contribution >= 0.6 is 0 Å². The molecule has 0 fully saturated rings. The summed E-state index contributed by atoms with van der Waals surface area (Å²) in [5.74, 6) is 0.170. The zero-order chi connectivity index (χ0) is 18.8. The van der Waals surface area contributed by atoms with Gasteiger partial charge in [0.25, 0.3) is 0 Å². The molecule has 3 heteroatoms. The Bertz CT molecular complexity index is 1080. The van der Waals surface area contributed by atoms with Gasteiger partial charge in [-0.15, -0.1) is 0 Å². The SMILES string of the molecule is CCCc1ccc2c(ccc3cc(-c4ccc(OC(F)F)cc4)ccc32)c1. The van der Waals surface area contributed by atoms with E-state index in [-0.39, 0.29) is 5.75 Å². The molecule has 27 heavy (non-hydrogen) atoms. The van der Waals surface area contributed by atoms with Gasteiger partial charge in [-0.2, -0.15) is 8.78 Å². The van der Waals surface area contributed by atoms with Crippen molar-refractivity contribution in [2.45, 2.75) is 26.4 Å². The van der Waals surface area contributed by atoms with Crippen molar-refractivity contribution in [2.75, 3.05) is 0 Å². The molecular weight excluding hydrogens is 342 g/mol. The van der Waals surface area contributed by atoms with Crippen LogP contribution in [-0.4, -0.2) is 6.61 Å². The highest BCUT2D eigenvalue weighted by atomic mass is 19.3. The summed E-state index contributed by atoms with van der Waals surface area (Å²) in [4.78, 5) is 0. The fourth-order valence-corrected chi connectivity index (χ4v) is 3.57. The van der Waals surface area contributed by atoms with E-state index in [2.05, 4.69) is 60.2 Å². The van der Waals surface area contributed by atoms with E-state index in [1.807, 2.05) is 0 Å². The molecular formula is C24H20F2O. The fourth-order valence-electron chi connectivity index (χ4n) is 3.57. The highest BCUT2D eigenvalue weighted by Crippen LogP contribution is 2.31. The number of aryl methyl sites for hydroxylation is 1. The van der Waals surface area contributed by atoms with Crippen LogP contribution in [0.1, 0.15) is 18.9 Å². The van der Waals surface area contributed by atoms with Crippen molar-refractivity contribution in [3.63, 3.8) is 0 Å². The third kappa shape index (κ3) is 3.63. The third-order valence-electron chi connectivity index (χ3n) is 4.85. The average molecular weight is 362 g/mol. The van der Waals surface area contributed by atoms with Gasteiger partial charge >= 0.3 is 6.61 Å². The largest absolute Gasteiger partial charge is 0.435 e. The lowest BCUT2D eigenvalue weighted by molar-refractivity contribution is -0.0498. The van der Waals surface area contributed by atoms with Crippen molar-refractivity contribution in [3.8, 4) is 16.9 Å². The van der Waals surface area contributed by atoms with Crippen LogP contribution < -0.4 is 4.74 Å². The van der Waals surface area contributed by atoms with E-state index in [1.165, 1.54) is 21.7 Å². The van der Waals surface area contributed by atoms with Crippen LogP contribution in [0, 0.1) is 0 Å². The van der Waals surface area contributed by atoms with E-state index in [0.717, 1.165) is 29.4 Å². The van der Waals surface area contributed by atoms with Crippen molar-refractivity contribution in [1.29, 1.82) is 0 Å². The number of alkyl halides is 2. The normalized spacial score (nSPS) is 11.4. The minimum atomic E-state index is -2.80. The summed E-state index contributed by atoms with van der Waals surface area (Å²) in [7, 11) is 0. The monoisotopic (exact) mass is 362 g/mol. The Balaban J connectivity index is 1.71. The first-order valence-corrected chi connectivity index (χ1v) is 9.15. The first-order valence-electron chi connectivity index (χ1n) is 9.15. The Kier molecular flexibility index (Phi) is 4.76. The van der Waals surface area contributed by atoms with Crippen molar-refractivity contribution in [3.05, 3.63) is 78.4 Å². The Morgan fingerprint density at radius 1 is 0.741 bits per heavy atom. The predicted octanol–water partition coefficient (Wildman–Crippen LogP) is 7.21. The van der Waals surface area contributed by atoms with E-state index in [1.54, 1.807) is 24.3 Å². The van der Waals surface area contributed by atoms with Gasteiger partial charge < -0.3 is 4.74 Å². The summed E-state index contributed by atoms with van der Waals surface area (Å²) in [6.07, 6.45) is 2.24. The lowest BCUT2D eigenvalue weighted by Gasteiger charge is -2.09. The number of benzene rings is 4. The molecule has 4 aromatic carbocycles. The number of hydrogen-bond acceptors (Lipinski definition) is 1. The van der Waals surface area contributed by atoms with Gasteiger partial charge in [0.2, 0.25) is 0 Å². The number of halogens is 2. The van der Waals surface area contributed by atoms with Gasteiger partial charge in [-0.05, 0) is 62.9 Å². The maximum atomic E-state index is 12.3. The molecule has 0 aliphatic carbocycles. The van der Waals surface area contributed by atoms with Gasteiger partial charge in [0, 0.05) is 0 Å². The van der Waals surface area contributed by atoms with Gasteiger partial charge in [0.05, 0.1) is 0 Å². The Hall–Kier alpha value is -2.94. The molecule has 0 spiro atoms. The average Bonchev–Trinajstić information content (AvgIpc) is 2.67. The van der Waals surface area contributed by atoms with E-state index >= 15 is 0 Å². The molecule has 0 heterocycles. The lowest BCUT2D eigenvalue weighted by atomic mass is 9.96. The zero-order valence-corrected chi connectivity index (χ0v) is 15.1. The van der Waals surface area contributed by atoms with Gasteiger partial charge in [-0.1, -0.05) is 67.9 Å². The molecule has 136 valence electrons. The molecule has 0 saturated carbocycles. The number of hydrogen-bond donors (Lipinski definition) is 0. The molecule has 0 radical (unpaired) electrons. The Morgan fingerprint density at radius 2 is 1.37 bits per heavy atom. The van der Waals surface area contributed by atoms with Gasteiger partial charge in [0.15, 0.2) is 0 Å². The molecule has 0 N–H and O–H groups in total. The smallest absolute Gasteiger partial charge is 0.387 e. The maximum absolute atomic E-state index is 12.3. The van der Waals surface area contributed by atoms with Crippen LogP contribution in [0.2, 0.25) is 0 Å². The molecule has 1 nitrogen and oxygen atoms in total. The first kappa shape index (κ1) is 17.5. The number of ether oxygens (including phenoxy) is 1. The molecule has 0 amide bonds. The van der Waals surface area contributed by atoms with Gasteiger partial charge in [0.1, 0.15) is 5.75 Å². The maximum Gasteiger partial charge on any atom is 0.387 e. The van der Waals surface area contributed by atoms with Crippen LogP contribution in [0.5, 0.6) is 5.75 Å². The van der Waals surface area contributed by atoms with E-state index in [9.17, 15) is 8.78 Å². The second kappa shape index (κ2) is 7.36. The van der Waals surface area contributed by atoms with Crippen LogP contribution in [0.15, 0.2) is 72.8 Å². The lowest BCUT2D eigenvalue weighted by Crippen LogP contribution is -2.01. The second-order valence-electron chi connectivity index (χ2n) is 6.71. The molecule has 0 atom stereocenters. The van der Waals surface area contributed by atoms with E-state index in [0.29, 0.717) is 0 Å². The summed E-state index contributed by atoms with van der Waals surface area (Å²) in [5, 5.41) is 4.89. The zero-order valence-electron chi connectivity index (χ0n) is 15.1. The molecule has 0 aliphatic rings. The molecule has 0 aromatic heterocycles. The molecule has 0 saturated heterocycles. The molecule has 0 bridgehead atoms. The van der Waals surface area contributed by atoms with E-state index in [4.69, 9.17) is 0 Å². The Morgan fingerprint density at radius 3 is 2.04 bits per heavy atom. The first-order chi connectivity index (χ1) is 13.1. The number of rotatable bonds is 5. The molecule has 0 unspecified atom stereocenters. The highest BCUT2D eigenvalue weighted by molar-refractivity contribution is 6.08. The predicted molar refractivity (Wildman–Crippen MR) is 108 cm³/mol. The molecule has 4 aromatic rings. The Labute approximate surface area is 157 Å². The highest BCUT2D eigenvalue weighted by Gasteiger charge is 2.07. The number of fused-ring (bicyclic) bond motifs is 3. The summed E-state index contributed by atoms with van der Waals surface area (Å²) in [6.45, 7) is -0.610. The summed E-state index contributed by atoms with van der Waals surface area (Å²) in [6, 6.07) is 24.1. The summed E-state index contributed by atoms with van der Waals surface area (Å²) in [5.41, 5.74) is 3.39. The summed E-state index contributed by atoms with van der Waals surface area (Å²) >= 11 is 0. The minimum absolute atomic E-state index is 0.170. The van der Waals surface area contributed by atoms with Crippen LogP contribution in [-0.2, 0) is 6.42 Å². The van der Waals surface area contributed by atoms with Gasteiger partial charge in [-0.3, -0.25) is 0 Å². The quantitative estimate of drug-likeness (QED) is 0.341. The fraction of sp³-hybridized carbons (Fsp3) is 0.167. The van der Waals surface area contributed by atoms with Crippen molar-refractivity contribution < 1.29 is 13.5 Å². The van der Waals surface area contributed by atoms with Crippen LogP contribution in [0.25, 0.3) is 32.7 Å². The van der Waals surface area contributed by atoms with E-state index < -0.39 is 6.61 Å². The molecule has 0 aliphatic heterocycles. The third-order valence-corrected chi connectivity index (χ3v) is 4.85. The van der Waals surface area contributed by atoms with Crippen LogP contribution in [0.4, 0.5) is 8.78 Å². The van der Waals surface area contributed by atoms with Crippen LogP contribution in [0.3, 0.4) is 0 Å². The second-order valence-corrected chi connectivity index (χ2v) is 6.71. The minimum Gasteiger partial charge on any atom is -0.435 e. The van der Waals surface area contributed by atoms with Crippen molar-refractivity contribution >= 4 is 21.5 Å². The molecule has 4 rings (SSSR count).